The first-order valence-corrected chi connectivity index (χ1v) is 12.8. The van der Waals surface area contributed by atoms with E-state index in [0.717, 1.165) is 18.8 Å². The molecule has 2 nitrogen and oxygen atoms in total. The van der Waals surface area contributed by atoms with Crippen LogP contribution in [0.1, 0.15) is 149 Å². The number of rotatable bonds is 22. The third-order valence-electron chi connectivity index (χ3n) is 5.67. The molecule has 0 aliphatic rings. The molecule has 0 aromatic carbocycles. The van der Waals surface area contributed by atoms with Crippen LogP contribution in [0.3, 0.4) is 0 Å². The Bertz CT molecular complexity index is 312. The number of ether oxygens (including phenoxy) is 1. The minimum atomic E-state index is 0.0106. The van der Waals surface area contributed by atoms with Crippen LogP contribution in [0, 0.1) is 5.92 Å². The van der Waals surface area contributed by atoms with Crippen molar-refractivity contribution < 1.29 is 9.53 Å². The van der Waals surface area contributed by atoms with Crippen LogP contribution in [0.2, 0.25) is 0 Å². The molecule has 0 aliphatic carbocycles. The zero-order valence-electron chi connectivity index (χ0n) is 19.7. The van der Waals surface area contributed by atoms with Gasteiger partial charge in [0.15, 0.2) is 0 Å². The van der Waals surface area contributed by atoms with E-state index in [-0.39, 0.29) is 5.97 Å². The lowest BCUT2D eigenvalue weighted by atomic mass is 10.0. The second-order valence-corrected chi connectivity index (χ2v) is 9.16. The van der Waals surface area contributed by atoms with Gasteiger partial charge in [0, 0.05) is 6.42 Å². The van der Waals surface area contributed by atoms with Crippen molar-refractivity contribution in [2.24, 2.45) is 5.92 Å². The molecule has 0 aromatic heterocycles. The van der Waals surface area contributed by atoms with Crippen molar-refractivity contribution >= 4 is 5.97 Å². The van der Waals surface area contributed by atoms with Crippen LogP contribution in [0.15, 0.2) is 0 Å². The van der Waals surface area contributed by atoms with Crippen molar-refractivity contribution in [2.45, 2.75) is 149 Å². The molecule has 0 spiro atoms. The Morgan fingerprint density at radius 1 is 0.607 bits per heavy atom. The maximum Gasteiger partial charge on any atom is 0.305 e. The van der Waals surface area contributed by atoms with E-state index in [1.165, 1.54) is 109 Å². The van der Waals surface area contributed by atoms with Crippen molar-refractivity contribution in [2.75, 3.05) is 6.61 Å². The van der Waals surface area contributed by atoms with Gasteiger partial charge in [0.05, 0.1) is 6.61 Å². The van der Waals surface area contributed by atoms with Gasteiger partial charge in [0.25, 0.3) is 0 Å². The Balaban J connectivity index is 3.11. The molecule has 0 radical (unpaired) electrons. The van der Waals surface area contributed by atoms with Crippen molar-refractivity contribution in [3.05, 3.63) is 0 Å². The molecule has 0 atom stereocenters. The minimum absolute atomic E-state index is 0.0106. The van der Waals surface area contributed by atoms with Crippen LogP contribution >= 0.6 is 0 Å². The number of hydrogen-bond acceptors (Lipinski definition) is 2. The average Bonchev–Trinajstić information content (AvgIpc) is 2.67. The van der Waals surface area contributed by atoms with Gasteiger partial charge < -0.3 is 4.74 Å². The summed E-state index contributed by atoms with van der Waals surface area (Å²) in [5, 5.41) is 0. The Morgan fingerprint density at radius 2 is 1.04 bits per heavy atom. The second kappa shape index (κ2) is 22.8. The van der Waals surface area contributed by atoms with E-state index in [1.54, 1.807) is 0 Å². The largest absolute Gasteiger partial charge is 0.466 e. The number of carbonyl (C=O) groups is 1. The molecular weight excluding hydrogens is 344 g/mol. The Hall–Kier alpha value is -0.530. The molecule has 0 aliphatic heterocycles. The van der Waals surface area contributed by atoms with Crippen LogP contribution in [0.5, 0.6) is 0 Å². The van der Waals surface area contributed by atoms with Gasteiger partial charge in [-0.3, -0.25) is 4.79 Å². The van der Waals surface area contributed by atoms with Gasteiger partial charge in [0.1, 0.15) is 0 Å². The third kappa shape index (κ3) is 23.5. The maximum absolute atomic E-state index is 11.6. The summed E-state index contributed by atoms with van der Waals surface area (Å²) < 4.78 is 5.33. The number of hydrogen-bond donors (Lipinski definition) is 0. The molecule has 0 heterocycles. The first-order valence-electron chi connectivity index (χ1n) is 12.8. The summed E-state index contributed by atoms with van der Waals surface area (Å²) in [6.07, 6.45) is 25.7. The topological polar surface area (TPSA) is 26.3 Å². The molecule has 0 saturated carbocycles. The molecule has 168 valence electrons. The van der Waals surface area contributed by atoms with Gasteiger partial charge in [0.2, 0.25) is 0 Å². The highest BCUT2D eigenvalue weighted by Gasteiger charge is 2.02. The summed E-state index contributed by atoms with van der Waals surface area (Å²) in [6, 6.07) is 0. The fourth-order valence-electron chi connectivity index (χ4n) is 3.73. The van der Waals surface area contributed by atoms with Crippen LogP contribution < -0.4 is 0 Å². The number of carbonyl (C=O) groups excluding carboxylic acids is 1. The molecule has 0 bridgehead atoms. The molecule has 28 heavy (non-hydrogen) atoms. The van der Waals surface area contributed by atoms with Gasteiger partial charge in [-0.25, -0.2) is 0 Å². The van der Waals surface area contributed by atoms with Gasteiger partial charge in [-0.2, -0.15) is 0 Å². The van der Waals surface area contributed by atoms with E-state index < -0.39 is 0 Å². The quantitative estimate of drug-likeness (QED) is 0.135. The van der Waals surface area contributed by atoms with Gasteiger partial charge >= 0.3 is 5.97 Å². The van der Waals surface area contributed by atoms with Crippen molar-refractivity contribution in [3.63, 3.8) is 0 Å². The van der Waals surface area contributed by atoms with Gasteiger partial charge in [-0.15, -0.1) is 0 Å². The predicted molar refractivity (Wildman–Crippen MR) is 124 cm³/mol. The van der Waals surface area contributed by atoms with Gasteiger partial charge in [-0.1, -0.05) is 130 Å². The van der Waals surface area contributed by atoms with E-state index in [1.807, 2.05) is 0 Å². The molecule has 0 saturated heterocycles. The first-order chi connectivity index (χ1) is 13.7. The van der Waals surface area contributed by atoms with Crippen LogP contribution in [-0.4, -0.2) is 12.6 Å². The van der Waals surface area contributed by atoms with E-state index in [0.29, 0.717) is 13.0 Å². The summed E-state index contributed by atoms with van der Waals surface area (Å²) in [5.41, 5.74) is 0. The minimum Gasteiger partial charge on any atom is -0.466 e. The highest BCUT2D eigenvalue weighted by atomic mass is 16.5. The molecule has 0 N–H and O–H groups in total. The normalized spacial score (nSPS) is 11.3. The Kier molecular flexibility index (Phi) is 22.3. The number of unbranched alkanes of at least 4 members (excludes halogenated alkanes) is 16. The van der Waals surface area contributed by atoms with E-state index in [9.17, 15) is 4.79 Å². The summed E-state index contributed by atoms with van der Waals surface area (Å²) >= 11 is 0. The predicted octanol–water partition coefficient (Wildman–Crippen LogP) is 9.01. The van der Waals surface area contributed by atoms with Crippen molar-refractivity contribution in [3.8, 4) is 0 Å². The van der Waals surface area contributed by atoms with Crippen LogP contribution in [0.25, 0.3) is 0 Å². The van der Waals surface area contributed by atoms with E-state index in [2.05, 4.69) is 20.8 Å². The molecule has 0 unspecified atom stereocenters. The lowest BCUT2D eigenvalue weighted by Gasteiger charge is -2.06. The highest BCUT2D eigenvalue weighted by molar-refractivity contribution is 5.69. The van der Waals surface area contributed by atoms with Crippen LogP contribution in [-0.2, 0) is 9.53 Å². The summed E-state index contributed by atoms with van der Waals surface area (Å²) in [5.74, 6) is 0.886. The third-order valence-corrected chi connectivity index (χ3v) is 5.67. The molecular formula is C26H52O2. The fourth-order valence-corrected chi connectivity index (χ4v) is 3.73. The fraction of sp³-hybridized carbons (Fsp3) is 0.962. The smallest absolute Gasteiger partial charge is 0.305 e. The summed E-state index contributed by atoms with van der Waals surface area (Å²) in [4.78, 5) is 11.6. The highest BCUT2D eigenvalue weighted by Crippen LogP contribution is 2.14. The summed E-state index contributed by atoms with van der Waals surface area (Å²) in [7, 11) is 0. The lowest BCUT2D eigenvalue weighted by Crippen LogP contribution is -2.05. The van der Waals surface area contributed by atoms with Gasteiger partial charge in [-0.05, 0) is 18.8 Å². The number of esters is 1. The molecule has 2 heteroatoms. The Labute approximate surface area is 177 Å². The average molecular weight is 397 g/mol. The van der Waals surface area contributed by atoms with Crippen LogP contribution in [0.4, 0.5) is 0 Å². The maximum atomic E-state index is 11.6. The monoisotopic (exact) mass is 396 g/mol. The molecule has 0 aromatic rings. The molecule has 0 rings (SSSR count). The zero-order chi connectivity index (χ0) is 20.7. The molecule has 0 fully saturated rings. The zero-order valence-corrected chi connectivity index (χ0v) is 19.7. The second-order valence-electron chi connectivity index (χ2n) is 9.16. The molecule has 0 amide bonds. The van der Waals surface area contributed by atoms with E-state index >= 15 is 0 Å². The summed E-state index contributed by atoms with van der Waals surface area (Å²) in [6.45, 7) is 7.49. The SMILES string of the molecule is CCCCCCCC(=O)OCCCCCCCCCCCCCCCC(C)C. The lowest BCUT2D eigenvalue weighted by molar-refractivity contribution is -0.143. The first kappa shape index (κ1) is 27.5. The van der Waals surface area contributed by atoms with Crippen molar-refractivity contribution in [1.82, 2.24) is 0 Å². The van der Waals surface area contributed by atoms with Crippen molar-refractivity contribution in [1.29, 1.82) is 0 Å². The standard InChI is InChI=1S/C26H52O2/c1-4-5-6-16-20-23-26(27)28-24-21-18-15-13-11-9-7-8-10-12-14-17-19-22-25(2)3/h25H,4-24H2,1-3H3. The Morgan fingerprint density at radius 3 is 1.54 bits per heavy atom. The van der Waals surface area contributed by atoms with E-state index in [4.69, 9.17) is 4.74 Å².